The van der Waals surface area contributed by atoms with E-state index in [2.05, 4.69) is 28.3 Å². The molecule has 5 heteroatoms. The monoisotopic (exact) mass is 303 g/mol. The molecule has 112 valence electrons. The number of ether oxygens (including phenoxy) is 1. The van der Waals surface area contributed by atoms with Crippen molar-refractivity contribution < 1.29 is 4.74 Å². The van der Waals surface area contributed by atoms with Crippen molar-refractivity contribution in [3.05, 3.63) is 30.3 Å². The second-order valence-corrected chi connectivity index (χ2v) is 6.35. The summed E-state index contributed by atoms with van der Waals surface area (Å²) >= 11 is 1.49. The molecule has 0 amide bonds. The van der Waals surface area contributed by atoms with Gasteiger partial charge in [0.2, 0.25) is 0 Å². The molecule has 4 nitrogen and oxygen atoms in total. The van der Waals surface area contributed by atoms with E-state index in [0.717, 1.165) is 35.6 Å². The van der Waals surface area contributed by atoms with Crippen LogP contribution in [0.2, 0.25) is 0 Å². The topological polar surface area (TPSA) is 51.4 Å². The Morgan fingerprint density at radius 2 is 2.10 bits per heavy atom. The third kappa shape index (κ3) is 2.76. The van der Waals surface area contributed by atoms with E-state index in [1.54, 1.807) is 7.11 Å². The number of nitrogens with two attached hydrogens (primary N) is 1. The molecule has 0 bridgehead atoms. The van der Waals surface area contributed by atoms with Gasteiger partial charge < -0.3 is 15.4 Å². The van der Waals surface area contributed by atoms with E-state index in [1.807, 2.05) is 18.2 Å². The van der Waals surface area contributed by atoms with Gasteiger partial charge in [-0.15, -0.1) is 0 Å². The fourth-order valence-electron chi connectivity index (χ4n) is 2.91. The summed E-state index contributed by atoms with van der Waals surface area (Å²) in [5.74, 6) is 1.21. The Morgan fingerprint density at radius 1 is 1.33 bits per heavy atom. The Kier molecular flexibility index (Phi) is 4.12. The number of anilines is 2. The Bertz CT molecular complexity index is 599. The number of benzene rings is 1. The van der Waals surface area contributed by atoms with E-state index < -0.39 is 0 Å². The zero-order valence-corrected chi connectivity index (χ0v) is 13.3. The molecule has 2 unspecified atom stereocenters. The highest BCUT2D eigenvalue weighted by Crippen LogP contribution is 2.40. The van der Waals surface area contributed by atoms with Gasteiger partial charge >= 0.3 is 0 Å². The number of nitrogens with zero attached hydrogens (tertiary/aromatic N) is 2. The number of aromatic nitrogens is 1. The summed E-state index contributed by atoms with van der Waals surface area (Å²) in [6.07, 6.45) is 1.40. The van der Waals surface area contributed by atoms with Crippen LogP contribution in [0.15, 0.2) is 30.3 Å². The standard InChI is InChI=1S/C16H21N3OS/c1-11-8-9-19(10-13(11)20-2)16-14(15(17)18-21-16)12-6-4-3-5-7-12/h3-7,11,13H,8-10H2,1-2H3,(H2,17,18). The molecule has 1 saturated heterocycles. The molecule has 1 aromatic carbocycles. The molecule has 3 rings (SSSR count). The van der Waals surface area contributed by atoms with E-state index in [9.17, 15) is 0 Å². The van der Waals surface area contributed by atoms with Gasteiger partial charge in [-0.3, -0.25) is 0 Å². The van der Waals surface area contributed by atoms with Crippen LogP contribution in [0.25, 0.3) is 11.1 Å². The molecule has 2 heterocycles. The molecular weight excluding hydrogens is 282 g/mol. The maximum absolute atomic E-state index is 6.12. The van der Waals surface area contributed by atoms with E-state index >= 15 is 0 Å². The van der Waals surface area contributed by atoms with Gasteiger partial charge in [-0.25, -0.2) is 0 Å². The van der Waals surface area contributed by atoms with Crippen molar-refractivity contribution in [2.24, 2.45) is 5.92 Å². The number of nitrogen functional groups attached to an aromatic ring is 1. The van der Waals surface area contributed by atoms with Gasteiger partial charge in [0.1, 0.15) is 10.8 Å². The van der Waals surface area contributed by atoms with Crippen molar-refractivity contribution in [3.63, 3.8) is 0 Å². The first-order chi connectivity index (χ1) is 10.2. The number of hydrogen-bond donors (Lipinski definition) is 1. The number of rotatable bonds is 3. The van der Waals surface area contributed by atoms with Gasteiger partial charge in [-0.05, 0) is 29.4 Å². The van der Waals surface area contributed by atoms with Crippen molar-refractivity contribution in [2.45, 2.75) is 19.4 Å². The van der Waals surface area contributed by atoms with Gasteiger partial charge in [0.25, 0.3) is 0 Å². The molecule has 2 N–H and O–H groups in total. The molecule has 2 atom stereocenters. The smallest absolute Gasteiger partial charge is 0.147 e. The minimum absolute atomic E-state index is 0.269. The van der Waals surface area contributed by atoms with Crippen LogP contribution >= 0.6 is 11.5 Å². The van der Waals surface area contributed by atoms with Gasteiger partial charge in [0.05, 0.1) is 11.7 Å². The van der Waals surface area contributed by atoms with Crippen LogP contribution in [0.4, 0.5) is 10.8 Å². The molecule has 21 heavy (non-hydrogen) atoms. The van der Waals surface area contributed by atoms with Gasteiger partial charge in [-0.1, -0.05) is 37.3 Å². The summed E-state index contributed by atoms with van der Waals surface area (Å²) in [4.78, 5) is 2.37. The molecule has 1 aromatic heterocycles. The third-order valence-electron chi connectivity index (χ3n) is 4.24. The first-order valence-electron chi connectivity index (χ1n) is 7.29. The van der Waals surface area contributed by atoms with Crippen LogP contribution in [0, 0.1) is 5.92 Å². The minimum Gasteiger partial charge on any atom is -0.382 e. The Morgan fingerprint density at radius 3 is 2.81 bits per heavy atom. The van der Waals surface area contributed by atoms with Crippen molar-refractivity contribution in [1.29, 1.82) is 0 Å². The number of hydrogen-bond acceptors (Lipinski definition) is 5. The van der Waals surface area contributed by atoms with Crippen LogP contribution < -0.4 is 10.6 Å². The quantitative estimate of drug-likeness (QED) is 0.945. The van der Waals surface area contributed by atoms with Gasteiger partial charge in [0, 0.05) is 20.2 Å². The molecular formula is C16H21N3OS. The summed E-state index contributed by atoms with van der Waals surface area (Å²) in [6, 6.07) is 10.3. The molecule has 1 aliphatic heterocycles. The van der Waals surface area contributed by atoms with Crippen molar-refractivity contribution in [2.75, 3.05) is 30.8 Å². The van der Waals surface area contributed by atoms with Crippen molar-refractivity contribution in [1.82, 2.24) is 4.37 Å². The van der Waals surface area contributed by atoms with E-state index in [1.165, 1.54) is 11.5 Å². The zero-order chi connectivity index (χ0) is 14.8. The minimum atomic E-state index is 0.269. The zero-order valence-electron chi connectivity index (χ0n) is 12.5. The lowest BCUT2D eigenvalue weighted by Crippen LogP contribution is -2.43. The van der Waals surface area contributed by atoms with Crippen LogP contribution in [-0.2, 0) is 4.74 Å². The maximum Gasteiger partial charge on any atom is 0.147 e. The maximum atomic E-state index is 6.12. The summed E-state index contributed by atoms with van der Waals surface area (Å²) < 4.78 is 9.99. The van der Waals surface area contributed by atoms with E-state index in [0.29, 0.717) is 11.7 Å². The van der Waals surface area contributed by atoms with Gasteiger partial charge in [-0.2, -0.15) is 4.37 Å². The van der Waals surface area contributed by atoms with Crippen LogP contribution in [0.5, 0.6) is 0 Å². The lowest BCUT2D eigenvalue weighted by Gasteiger charge is -2.37. The predicted octanol–water partition coefficient (Wildman–Crippen LogP) is 3.25. The lowest BCUT2D eigenvalue weighted by atomic mass is 9.95. The van der Waals surface area contributed by atoms with Crippen LogP contribution in [0.1, 0.15) is 13.3 Å². The highest BCUT2D eigenvalue weighted by Gasteiger charge is 2.29. The molecule has 0 saturated carbocycles. The first kappa shape index (κ1) is 14.4. The Hall–Kier alpha value is -1.59. The second kappa shape index (κ2) is 6.03. The first-order valence-corrected chi connectivity index (χ1v) is 8.06. The fourth-order valence-corrected chi connectivity index (χ4v) is 3.78. The second-order valence-electron chi connectivity index (χ2n) is 5.60. The lowest BCUT2D eigenvalue weighted by molar-refractivity contribution is 0.0500. The molecule has 0 radical (unpaired) electrons. The summed E-state index contributed by atoms with van der Waals surface area (Å²) in [5, 5.41) is 1.16. The van der Waals surface area contributed by atoms with E-state index in [-0.39, 0.29) is 6.10 Å². The molecule has 1 aliphatic rings. The molecule has 0 spiro atoms. The predicted molar refractivity (Wildman–Crippen MR) is 88.8 cm³/mol. The Labute approximate surface area is 129 Å². The normalized spacial score (nSPS) is 22.5. The van der Waals surface area contributed by atoms with Crippen LogP contribution in [0.3, 0.4) is 0 Å². The highest BCUT2D eigenvalue weighted by molar-refractivity contribution is 7.11. The largest absolute Gasteiger partial charge is 0.382 e. The summed E-state index contributed by atoms with van der Waals surface area (Å²) in [6.45, 7) is 4.19. The van der Waals surface area contributed by atoms with Crippen LogP contribution in [-0.4, -0.2) is 30.7 Å². The van der Waals surface area contributed by atoms with E-state index in [4.69, 9.17) is 10.5 Å². The molecule has 0 aliphatic carbocycles. The van der Waals surface area contributed by atoms with Gasteiger partial charge in [0.15, 0.2) is 0 Å². The molecule has 1 fully saturated rings. The SMILES string of the molecule is COC1CN(c2snc(N)c2-c2ccccc2)CCC1C. The number of methoxy groups -OCH3 is 1. The van der Waals surface area contributed by atoms with Crippen molar-refractivity contribution >= 4 is 22.4 Å². The summed E-state index contributed by atoms with van der Waals surface area (Å²) in [5.41, 5.74) is 8.31. The highest BCUT2D eigenvalue weighted by atomic mass is 32.1. The average molecular weight is 303 g/mol. The Balaban J connectivity index is 1.93. The third-order valence-corrected chi connectivity index (χ3v) is 5.17. The summed E-state index contributed by atoms with van der Waals surface area (Å²) in [7, 11) is 1.80. The fraction of sp³-hybridized carbons (Fsp3) is 0.438. The molecule has 2 aromatic rings. The van der Waals surface area contributed by atoms with Crippen molar-refractivity contribution in [3.8, 4) is 11.1 Å². The average Bonchev–Trinajstić information content (AvgIpc) is 2.90. The number of piperidine rings is 1.